The molecule has 0 saturated carbocycles. The summed E-state index contributed by atoms with van der Waals surface area (Å²) in [6, 6.07) is 1.80. The fourth-order valence-electron chi connectivity index (χ4n) is 5.92. The Morgan fingerprint density at radius 1 is 1.20 bits per heavy atom. The van der Waals surface area contributed by atoms with Gasteiger partial charge in [-0.15, -0.1) is 17.0 Å². The van der Waals surface area contributed by atoms with Crippen LogP contribution in [0.15, 0.2) is 34.8 Å². The van der Waals surface area contributed by atoms with Gasteiger partial charge in [0.05, 0.1) is 22.1 Å². The van der Waals surface area contributed by atoms with Crippen LogP contribution in [0, 0.1) is 11.8 Å². The minimum atomic E-state index is -2.75. The van der Waals surface area contributed by atoms with E-state index >= 15 is 0 Å². The average Bonchev–Trinajstić information content (AvgIpc) is 2.85. The molecular weight excluding hydrogens is 674 g/mol. The number of hydrogen-bond donors (Lipinski definition) is 7. The minimum absolute atomic E-state index is 0. The summed E-state index contributed by atoms with van der Waals surface area (Å²) in [5.41, 5.74) is 1.34. The van der Waals surface area contributed by atoms with Crippen molar-refractivity contribution in [2.45, 2.75) is 42.2 Å². The SMILES string of the molecule is Br.CN(C)[C@@H]1C(O)=C(C(N)=O)C(=O)[C@@]2(O)C(O)=C3C(=O)c4c(ccc(NC(=O)C(Br)CCC(=O)O)c4O)CC3CC12. The van der Waals surface area contributed by atoms with Crippen molar-refractivity contribution < 1.29 is 49.5 Å². The number of primary amides is 1. The van der Waals surface area contributed by atoms with Crippen molar-refractivity contribution in [3.8, 4) is 5.75 Å². The molecular formula is C26H29Br2N3O10. The Kier molecular flexibility index (Phi) is 9.08. The number of carboxylic acid groups (broad SMARTS) is 1. The zero-order valence-corrected chi connectivity index (χ0v) is 25.2. The number of nitrogens with one attached hydrogen (secondary N) is 1. The van der Waals surface area contributed by atoms with E-state index in [0.717, 1.165) is 0 Å². The molecule has 5 atom stereocenters. The zero-order valence-electron chi connectivity index (χ0n) is 21.9. The molecule has 13 nitrogen and oxygen atoms in total. The first kappa shape index (κ1) is 32.2. The van der Waals surface area contributed by atoms with Gasteiger partial charge in [0.25, 0.3) is 5.91 Å². The van der Waals surface area contributed by atoms with Gasteiger partial charge in [-0.2, -0.15) is 0 Å². The number of phenolic OH excluding ortho intramolecular Hbond substituents is 1. The number of rotatable bonds is 7. The number of likely N-dealkylation sites (N-methyl/N-ethyl adjacent to an activating group) is 1. The molecule has 0 aliphatic heterocycles. The Morgan fingerprint density at radius 2 is 1.83 bits per heavy atom. The number of carbonyl (C=O) groups is 5. The summed E-state index contributed by atoms with van der Waals surface area (Å²) in [7, 11) is 3.08. The van der Waals surface area contributed by atoms with Gasteiger partial charge in [-0.3, -0.25) is 28.9 Å². The number of halogens is 2. The molecule has 1 aromatic rings. The van der Waals surface area contributed by atoms with E-state index in [4.69, 9.17) is 10.8 Å². The molecule has 3 aliphatic carbocycles. The topological polar surface area (TPSA) is 228 Å². The van der Waals surface area contributed by atoms with Crippen molar-refractivity contribution in [2.24, 2.45) is 17.6 Å². The fourth-order valence-corrected chi connectivity index (χ4v) is 6.26. The molecule has 3 aliphatic rings. The number of aliphatic hydroxyl groups excluding tert-OH is 2. The molecule has 0 heterocycles. The number of aliphatic carboxylic acids is 1. The van der Waals surface area contributed by atoms with Gasteiger partial charge in [0.1, 0.15) is 17.1 Å². The number of hydrogen-bond acceptors (Lipinski definition) is 10. The smallest absolute Gasteiger partial charge is 0.303 e. The molecule has 0 aromatic heterocycles. The van der Waals surface area contributed by atoms with Crippen molar-refractivity contribution in [1.29, 1.82) is 0 Å². The van der Waals surface area contributed by atoms with Crippen LogP contribution < -0.4 is 11.1 Å². The second-order valence-corrected chi connectivity index (χ2v) is 11.5. The lowest BCUT2D eigenvalue weighted by Gasteiger charge is -2.50. The van der Waals surface area contributed by atoms with Crippen LogP contribution in [0.5, 0.6) is 5.75 Å². The Hall–Kier alpha value is -3.27. The average molecular weight is 703 g/mol. The first-order valence-electron chi connectivity index (χ1n) is 12.3. The first-order chi connectivity index (χ1) is 18.6. The maximum atomic E-state index is 13.7. The number of carboxylic acids is 1. The van der Waals surface area contributed by atoms with Gasteiger partial charge in [0, 0.05) is 17.9 Å². The van der Waals surface area contributed by atoms with Crippen LogP contribution in [-0.4, -0.2) is 90.3 Å². The summed E-state index contributed by atoms with van der Waals surface area (Å²) in [6.45, 7) is 0. The van der Waals surface area contributed by atoms with Crippen LogP contribution in [0.4, 0.5) is 5.69 Å². The zero-order chi connectivity index (χ0) is 29.8. The number of fused-ring (bicyclic) bond motifs is 3. The van der Waals surface area contributed by atoms with E-state index in [-0.39, 0.29) is 59.5 Å². The fraction of sp³-hybridized carbons (Fsp3) is 0.423. The third kappa shape index (κ3) is 5.15. The molecule has 0 spiro atoms. The van der Waals surface area contributed by atoms with E-state index in [1.54, 1.807) is 14.1 Å². The lowest BCUT2D eigenvalue weighted by atomic mass is 9.58. The normalized spacial score (nSPS) is 26.0. The molecule has 3 unspecified atom stereocenters. The predicted molar refractivity (Wildman–Crippen MR) is 152 cm³/mol. The molecule has 0 bridgehead atoms. The van der Waals surface area contributed by atoms with Gasteiger partial charge < -0.3 is 36.6 Å². The highest BCUT2D eigenvalue weighted by molar-refractivity contribution is 9.10. The number of aromatic hydroxyl groups is 1. The number of ketones is 2. The molecule has 0 radical (unpaired) electrons. The van der Waals surface area contributed by atoms with E-state index in [2.05, 4.69) is 21.2 Å². The summed E-state index contributed by atoms with van der Waals surface area (Å²) >= 11 is 3.09. The maximum Gasteiger partial charge on any atom is 0.303 e. The Labute approximate surface area is 252 Å². The van der Waals surface area contributed by atoms with Crippen molar-refractivity contribution in [1.82, 2.24) is 4.90 Å². The van der Waals surface area contributed by atoms with E-state index in [1.165, 1.54) is 17.0 Å². The maximum absolute atomic E-state index is 13.7. The van der Waals surface area contributed by atoms with E-state index in [1.807, 2.05) is 0 Å². The lowest BCUT2D eigenvalue weighted by Crippen LogP contribution is -2.63. The first-order valence-corrected chi connectivity index (χ1v) is 13.2. The number of amides is 2. The second kappa shape index (κ2) is 11.5. The Balaban J connectivity index is 0.00000462. The molecule has 15 heteroatoms. The summed E-state index contributed by atoms with van der Waals surface area (Å²) < 4.78 is 0. The van der Waals surface area contributed by atoms with E-state index < -0.39 is 80.5 Å². The summed E-state index contributed by atoms with van der Waals surface area (Å²) in [5, 5.41) is 55.9. The van der Waals surface area contributed by atoms with Crippen LogP contribution in [0.25, 0.3) is 0 Å². The molecule has 4 rings (SSSR count). The standard InChI is InChI=1S/C26H28BrN3O10.BrH/c1-30(2)18-11-8-10-7-9-3-5-13(29-25(39)12(27)4-6-14(31)32)19(33)15(9)20(34)16(10)22(36)26(11,40)23(37)17(21(18)35)24(28)38;/h3,5,10-12,18,33,35-36,40H,4,6-8H2,1-2H3,(H2,28,38)(H,29,39)(H,31,32);1H/t10?,11?,12?,18-,26-;/m0./s1. The quantitative estimate of drug-likeness (QED) is 0.122. The molecule has 0 saturated heterocycles. The number of nitrogens with zero attached hydrogens (tertiary/aromatic N) is 1. The van der Waals surface area contributed by atoms with Gasteiger partial charge in [0.15, 0.2) is 17.1 Å². The monoisotopic (exact) mass is 701 g/mol. The molecule has 1 aromatic carbocycles. The molecule has 2 amide bonds. The number of aliphatic hydroxyl groups is 3. The summed E-state index contributed by atoms with van der Waals surface area (Å²) in [6.07, 6.45) is -0.252. The van der Waals surface area contributed by atoms with Crippen molar-refractivity contribution >= 4 is 67.9 Å². The predicted octanol–water partition coefficient (Wildman–Crippen LogP) is 1.27. The number of allylic oxidation sites excluding steroid dienone is 1. The Morgan fingerprint density at radius 3 is 2.39 bits per heavy atom. The number of benzene rings is 1. The van der Waals surface area contributed by atoms with Crippen LogP contribution >= 0.6 is 32.9 Å². The third-order valence-electron chi connectivity index (χ3n) is 7.75. The third-order valence-corrected chi connectivity index (χ3v) is 8.62. The number of alkyl halides is 1. The van der Waals surface area contributed by atoms with Crippen LogP contribution in [0.3, 0.4) is 0 Å². The molecule has 0 fully saturated rings. The van der Waals surface area contributed by atoms with Crippen molar-refractivity contribution in [3.63, 3.8) is 0 Å². The second-order valence-electron chi connectivity index (χ2n) is 10.3. The summed E-state index contributed by atoms with van der Waals surface area (Å²) in [4.78, 5) is 62.9. The highest BCUT2D eigenvalue weighted by atomic mass is 79.9. The van der Waals surface area contributed by atoms with Crippen molar-refractivity contribution in [2.75, 3.05) is 19.4 Å². The highest BCUT2D eigenvalue weighted by Gasteiger charge is 2.63. The molecule has 222 valence electrons. The number of phenols is 1. The number of carbonyl (C=O) groups excluding carboxylic acids is 4. The van der Waals surface area contributed by atoms with Crippen molar-refractivity contribution in [3.05, 3.63) is 45.9 Å². The van der Waals surface area contributed by atoms with Crippen LogP contribution in [-0.2, 0) is 25.6 Å². The van der Waals surface area contributed by atoms with Gasteiger partial charge in [-0.1, -0.05) is 22.0 Å². The van der Waals surface area contributed by atoms with Gasteiger partial charge in [-0.05, 0) is 50.9 Å². The summed E-state index contributed by atoms with van der Waals surface area (Å²) in [5.74, 6) is -9.40. The minimum Gasteiger partial charge on any atom is -0.510 e. The number of anilines is 1. The number of Topliss-reactive ketones (excluding diaryl/α,β-unsaturated/α-hetero) is 2. The van der Waals surface area contributed by atoms with Crippen LogP contribution in [0.1, 0.15) is 35.2 Å². The van der Waals surface area contributed by atoms with Gasteiger partial charge in [-0.25, -0.2) is 0 Å². The largest absolute Gasteiger partial charge is 0.510 e. The number of nitrogens with two attached hydrogens (primary N) is 1. The highest BCUT2D eigenvalue weighted by Crippen LogP contribution is 2.52. The lowest BCUT2D eigenvalue weighted by molar-refractivity contribution is -0.148. The van der Waals surface area contributed by atoms with Crippen LogP contribution in [0.2, 0.25) is 0 Å². The Bertz CT molecular complexity index is 1420. The van der Waals surface area contributed by atoms with E-state index in [9.17, 15) is 44.4 Å². The van der Waals surface area contributed by atoms with E-state index in [0.29, 0.717) is 5.56 Å². The molecule has 41 heavy (non-hydrogen) atoms. The molecule has 8 N–H and O–H groups in total. The van der Waals surface area contributed by atoms with Gasteiger partial charge >= 0.3 is 5.97 Å². The van der Waals surface area contributed by atoms with Gasteiger partial charge in [0.2, 0.25) is 11.7 Å².